The van der Waals surface area contributed by atoms with Crippen molar-refractivity contribution in [2.75, 3.05) is 5.32 Å². The third-order valence-electron chi connectivity index (χ3n) is 2.46. The van der Waals surface area contributed by atoms with E-state index in [1.54, 1.807) is 18.2 Å². The van der Waals surface area contributed by atoms with E-state index in [0.29, 0.717) is 21.6 Å². The number of benzene rings is 2. The van der Waals surface area contributed by atoms with Crippen molar-refractivity contribution < 1.29 is 0 Å². The largest absolute Gasteiger partial charge is 0.383 e. The molecule has 6 heteroatoms. The molecule has 0 heterocycles. The molecule has 20 heavy (non-hydrogen) atoms. The summed E-state index contributed by atoms with van der Waals surface area (Å²) in [6, 6.07) is 14.4. The van der Waals surface area contributed by atoms with Crippen molar-refractivity contribution in [3.8, 4) is 0 Å². The van der Waals surface area contributed by atoms with Crippen LogP contribution in [0.4, 0.5) is 5.69 Å². The van der Waals surface area contributed by atoms with Crippen molar-refractivity contribution in [1.82, 2.24) is 0 Å². The minimum atomic E-state index is 0.218. The average molecular weight is 324 g/mol. The molecule has 102 valence electrons. The summed E-state index contributed by atoms with van der Waals surface area (Å²) in [5.74, 6) is 0.334. The van der Waals surface area contributed by atoms with Crippen LogP contribution in [0, 0.1) is 0 Å². The number of halogens is 2. The maximum absolute atomic E-state index is 6.03. The van der Waals surface area contributed by atoms with Crippen molar-refractivity contribution in [3.63, 3.8) is 0 Å². The van der Waals surface area contributed by atoms with E-state index < -0.39 is 0 Å². The Morgan fingerprint density at radius 3 is 2.50 bits per heavy atom. The fourth-order valence-electron chi connectivity index (χ4n) is 1.52. The summed E-state index contributed by atoms with van der Waals surface area (Å²) in [7, 11) is 0. The third kappa shape index (κ3) is 3.93. The Labute approximate surface area is 132 Å². The number of rotatable bonds is 2. The van der Waals surface area contributed by atoms with Crippen LogP contribution in [0.5, 0.6) is 0 Å². The number of nitrogens with one attached hydrogen (secondary N) is 1. The first kappa shape index (κ1) is 14.8. The van der Waals surface area contributed by atoms with Gasteiger partial charge in [0.15, 0.2) is 5.11 Å². The topological polar surface area (TPSA) is 50.4 Å². The van der Waals surface area contributed by atoms with Crippen molar-refractivity contribution in [2.45, 2.75) is 0 Å². The van der Waals surface area contributed by atoms with Gasteiger partial charge in [0.25, 0.3) is 0 Å². The van der Waals surface area contributed by atoms with Gasteiger partial charge in [-0.05, 0) is 30.4 Å². The second-order valence-corrected chi connectivity index (χ2v) is 5.15. The number of hydrogen-bond donors (Lipinski definition) is 2. The SMILES string of the molecule is N/C(=N\C(=S)Nc1cc(Cl)ccc1Cl)c1ccccc1. The second-order valence-electron chi connectivity index (χ2n) is 3.92. The van der Waals surface area contributed by atoms with E-state index in [1.807, 2.05) is 30.3 Å². The van der Waals surface area contributed by atoms with Gasteiger partial charge in [0.2, 0.25) is 0 Å². The minimum Gasteiger partial charge on any atom is -0.383 e. The monoisotopic (exact) mass is 323 g/mol. The van der Waals surface area contributed by atoms with E-state index in [1.165, 1.54) is 0 Å². The highest BCUT2D eigenvalue weighted by atomic mass is 35.5. The minimum absolute atomic E-state index is 0.218. The van der Waals surface area contributed by atoms with Gasteiger partial charge in [-0.15, -0.1) is 0 Å². The van der Waals surface area contributed by atoms with E-state index in [2.05, 4.69) is 10.3 Å². The molecular weight excluding hydrogens is 313 g/mol. The molecule has 2 aromatic carbocycles. The summed E-state index contributed by atoms with van der Waals surface area (Å²) in [6.07, 6.45) is 0. The molecule has 2 aromatic rings. The normalized spacial score (nSPS) is 11.2. The molecule has 0 radical (unpaired) electrons. The predicted octanol–water partition coefficient (Wildman–Crippen LogP) is 4.10. The summed E-state index contributed by atoms with van der Waals surface area (Å²) in [6.45, 7) is 0. The zero-order valence-electron chi connectivity index (χ0n) is 10.3. The van der Waals surface area contributed by atoms with Crippen molar-refractivity contribution in [2.24, 2.45) is 10.7 Å². The summed E-state index contributed by atoms with van der Waals surface area (Å²) in [5, 5.41) is 4.18. The Morgan fingerprint density at radius 2 is 1.80 bits per heavy atom. The molecule has 0 aliphatic rings. The van der Waals surface area contributed by atoms with E-state index in [4.69, 9.17) is 41.2 Å². The standard InChI is InChI=1S/C14H11Cl2N3S/c15-10-6-7-11(16)12(8-10)18-14(20)19-13(17)9-4-2-1-3-5-9/h1-8H,(H3,17,18,19,20). The lowest BCUT2D eigenvalue weighted by Crippen LogP contribution is -2.18. The molecule has 0 aromatic heterocycles. The number of anilines is 1. The highest BCUT2D eigenvalue weighted by Crippen LogP contribution is 2.25. The van der Waals surface area contributed by atoms with Gasteiger partial charge in [-0.3, -0.25) is 0 Å². The van der Waals surface area contributed by atoms with Crippen LogP contribution in [0.15, 0.2) is 53.5 Å². The highest BCUT2D eigenvalue weighted by molar-refractivity contribution is 7.80. The number of aliphatic imine (C=N–C) groups is 1. The molecule has 0 saturated heterocycles. The van der Waals surface area contributed by atoms with Crippen LogP contribution >= 0.6 is 35.4 Å². The quantitative estimate of drug-likeness (QED) is 0.497. The van der Waals surface area contributed by atoms with Crippen LogP contribution in [0.3, 0.4) is 0 Å². The number of amidine groups is 1. The maximum Gasteiger partial charge on any atom is 0.199 e. The Bertz CT molecular complexity index is 657. The molecule has 0 aliphatic carbocycles. The summed E-state index contributed by atoms with van der Waals surface area (Å²) >= 11 is 17.1. The maximum atomic E-state index is 6.03. The van der Waals surface area contributed by atoms with Crippen LogP contribution in [0.1, 0.15) is 5.56 Å². The Kier molecular flexibility index (Phi) is 4.95. The molecule has 0 aliphatic heterocycles. The van der Waals surface area contributed by atoms with E-state index in [-0.39, 0.29) is 5.11 Å². The molecule has 3 N–H and O–H groups in total. The van der Waals surface area contributed by atoms with Gasteiger partial charge >= 0.3 is 0 Å². The van der Waals surface area contributed by atoms with Crippen LogP contribution in [-0.4, -0.2) is 10.9 Å². The lowest BCUT2D eigenvalue weighted by Gasteiger charge is -2.07. The number of nitrogens with two attached hydrogens (primary N) is 1. The first-order valence-corrected chi connectivity index (χ1v) is 6.88. The molecule has 0 amide bonds. The first-order valence-electron chi connectivity index (χ1n) is 5.72. The first-order chi connectivity index (χ1) is 9.56. The molecule has 2 rings (SSSR count). The molecule has 0 atom stereocenters. The van der Waals surface area contributed by atoms with Crippen LogP contribution in [0.2, 0.25) is 10.0 Å². The van der Waals surface area contributed by atoms with Gasteiger partial charge in [0, 0.05) is 10.6 Å². The summed E-state index contributed by atoms with van der Waals surface area (Å²) in [5.41, 5.74) is 7.27. The van der Waals surface area contributed by atoms with Gasteiger partial charge in [-0.25, -0.2) is 4.99 Å². The van der Waals surface area contributed by atoms with Crippen molar-refractivity contribution in [1.29, 1.82) is 0 Å². The molecular formula is C14H11Cl2N3S. The summed E-state index contributed by atoms with van der Waals surface area (Å²) < 4.78 is 0. The zero-order valence-corrected chi connectivity index (χ0v) is 12.6. The zero-order chi connectivity index (χ0) is 14.5. The van der Waals surface area contributed by atoms with Gasteiger partial charge in [-0.1, -0.05) is 53.5 Å². The smallest absolute Gasteiger partial charge is 0.199 e. The van der Waals surface area contributed by atoms with Crippen LogP contribution in [-0.2, 0) is 0 Å². The van der Waals surface area contributed by atoms with Crippen LogP contribution in [0.25, 0.3) is 0 Å². The number of nitrogens with zero attached hydrogens (tertiary/aromatic N) is 1. The Balaban J connectivity index is 2.15. The van der Waals surface area contributed by atoms with Gasteiger partial charge in [-0.2, -0.15) is 0 Å². The molecule has 0 bridgehead atoms. The van der Waals surface area contributed by atoms with Gasteiger partial charge in [0.1, 0.15) is 5.84 Å². The number of thiocarbonyl (C=S) groups is 1. The lowest BCUT2D eigenvalue weighted by molar-refractivity contribution is 1.51. The Morgan fingerprint density at radius 1 is 1.10 bits per heavy atom. The summed E-state index contributed by atoms with van der Waals surface area (Å²) in [4.78, 5) is 4.13. The van der Waals surface area contributed by atoms with E-state index in [9.17, 15) is 0 Å². The fraction of sp³-hybridized carbons (Fsp3) is 0. The van der Waals surface area contributed by atoms with E-state index in [0.717, 1.165) is 5.56 Å². The van der Waals surface area contributed by atoms with Crippen molar-refractivity contribution >= 4 is 52.1 Å². The van der Waals surface area contributed by atoms with Crippen LogP contribution < -0.4 is 11.1 Å². The Hall–Kier alpha value is -1.62. The molecule has 0 fully saturated rings. The molecule has 0 saturated carbocycles. The fourth-order valence-corrected chi connectivity index (χ4v) is 2.06. The predicted molar refractivity (Wildman–Crippen MR) is 89.8 cm³/mol. The van der Waals surface area contributed by atoms with E-state index >= 15 is 0 Å². The lowest BCUT2D eigenvalue weighted by atomic mass is 10.2. The molecule has 0 unspecified atom stereocenters. The second kappa shape index (κ2) is 6.70. The number of hydrogen-bond acceptors (Lipinski definition) is 1. The van der Waals surface area contributed by atoms with Gasteiger partial charge in [0.05, 0.1) is 10.7 Å². The molecule has 3 nitrogen and oxygen atoms in total. The highest BCUT2D eigenvalue weighted by Gasteiger charge is 2.04. The third-order valence-corrected chi connectivity index (χ3v) is 3.22. The van der Waals surface area contributed by atoms with Gasteiger partial charge < -0.3 is 11.1 Å². The average Bonchev–Trinajstić information content (AvgIpc) is 2.43. The molecule has 0 spiro atoms. The van der Waals surface area contributed by atoms with Crippen molar-refractivity contribution in [3.05, 3.63) is 64.1 Å².